The lowest BCUT2D eigenvalue weighted by Gasteiger charge is -2.37. The van der Waals surface area contributed by atoms with Crippen molar-refractivity contribution in [2.45, 2.75) is 18.4 Å². The van der Waals surface area contributed by atoms with Crippen molar-refractivity contribution in [3.05, 3.63) is 76.1 Å². The number of nitrogens with one attached hydrogen (secondary N) is 1. The molecule has 0 radical (unpaired) electrons. The molecule has 1 aromatic heterocycles. The van der Waals surface area contributed by atoms with Gasteiger partial charge in [0.2, 0.25) is 0 Å². The van der Waals surface area contributed by atoms with Crippen molar-refractivity contribution in [2.75, 3.05) is 5.32 Å². The molecule has 5 nitrogen and oxygen atoms in total. The molecule has 1 aromatic carbocycles. The normalized spacial score (nSPS) is 25.2. The van der Waals surface area contributed by atoms with Gasteiger partial charge in [-0.25, -0.2) is 0 Å². The fraction of sp³-hybridized carbons (Fsp3) is 0.235. The molecule has 0 bridgehead atoms. The maximum Gasteiger partial charge on any atom is 0.269 e. The molecule has 0 spiro atoms. The number of hydrogen-bond acceptors (Lipinski definition) is 4. The van der Waals surface area contributed by atoms with Gasteiger partial charge in [0.05, 0.1) is 11.0 Å². The van der Waals surface area contributed by atoms with Crippen molar-refractivity contribution in [1.82, 2.24) is 4.98 Å². The highest BCUT2D eigenvalue weighted by atomic mass is 16.6. The second kappa shape index (κ2) is 4.94. The van der Waals surface area contributed by atoms with Crippen LogP contribution in [0, 0.1) is 16.0 Å². The number of nitro groups is 1. The molecule has 1 aliphatic carbocycles. The van der Waals surface area contributed by atoms with Crippen molar-refractivity contribution >= 4 is 11.4 Å². The molecule has 22 heavy (non-hydrogen) atoms. The van der Waals surface area contributed by atoms with Gasteiger partial charge in [-0.05, 0) is 35.6 Å². The van der Waals surface area contributed by atoms with E-state index >= 15 is 0 Å². The number of rotatable bonds is 2. The highest BCUT2D eigenvalue weighted by molar-refractivity contribution is 5.62. The van der Waals surface area contributed by atoms with Crippen LogP contribution in [-0.2, 0) is 0 Å². The molecule has 2 heterocycles. The number of nitro benzene ring substituents is 1. The number of non-ortho nitro benzene ring substituents is 1. The molecule has 0 amide bonds. The summed E-state index contributed by atoms with van der Waals surface area (Å²) in [5.74, 6) is 0.597. The first kappa shape index (κ1) is 13.0. The highest BCUT2D eigenvalue weighted by Crippen LogP contribution is 2.50. The Morgan fingerprint density at radius 2 is 2.23 bits per heavy atom. The summed E-state index contributed by atoms with van der Waals surface area (Å²) >= 11 is 0. The molecule has 0 fully saturated rings. The molecule has 3 atom stereocenters. The minimum Gasteiger partial charge on any atom is -0.378 e. The Bertz CT molecular complexity index is 758. The van der Waals surface area contributed by atoms with Crippen molar-refractivity contribution in [3.8, 4) is 0 Å². The summed E-state index contributed by atoms with van der Waals surface area (Å²) in [6.07, 6.45) is 8.99. The molecule has 0 saturated carbocycles. The molecule has 0 saturated heterocycles. The van der Waals surface area contributed by atoms with E-state index in [1.54, 1.807) is 18.3 Å². The average Bonchev–Trinajstić information content (AvgIpc) is 3.04. The van der Waals surface area contributed by atoms with Crippen LogP contribution in [-0.4, -0.2) is 9.91 Å². The van der Waals surface area contributed by atoms with E-state index in [-0.39, 0.29) is 22.6 Å². The Balaban J connectivity index is 1.79. The Kier molecular flexibility index (Phi) is 2.92. The van der Waals surface area contributed by atoms with Crippen LogP contribution in [0.4, 0.5) is 11.4 Å². The standard InChI is InChI=1S/C17H15N3O2/c21-20(22)12-6-7-16-15(9-12)13-4-1-5-14(13)17(19-16)11-3-2-8-18-10-11/h1-4,6-10,13-14,17,19H,5H2. The van der Waals surface area contributed by atoms with E-state index in [0.29, 0.717) is 5.92 Å². The van der Waals surface area contributed by atoms with Crippen LogP contribution < -0.4 is 5.32 Å². The Hall–Kier alpha value is -2.69. The molecule has 5 heteroatoms. The van der Waals surface area contributed by atoms with Crippen LogP contribution in [0.3, 0.4) is 0 Å². The zero-order valence-corrected chi connectivity index (χ0v) is 11.8. The van der Waals surface area contributed by atoms with Gasteiger partial charge in [0.15, 0.2) is 0 Å². The van der Waals surface area contributed by atoms with Crippen LogP contribution in [0.5, 0.6) is 0 Å². The second-order valence-corrected chi connectivity index (χ2v) is 5.79. The third-order valence-corrected chi connectivity index (χ3v) is 4.60. The molecule has 2 aromatic rings. The van der Waals surface area contributed by atoms with Crippen molar-refractivity contribution < 1.29 is 4.92 Å². The zero-order chi connectivity index (χ0) is 15.1. The third kappa shape index (κ3) is 1.97. The van der Waals surface area contributed by atoms with Gasteiger partial charge in [-0.15, -0.1) is 0 Å². The molecule has 4 rings (SSSR count). The van der Waals surface area contributed by atoms with E-state index in [0.717, 1.165) is 23.2 Å². The van der Waals surface area contributed by atoms with Gasteiger partial charge in [-0.2, -0.15) is 0 Å². The van der Waals surface area contributed by atoms with Gasteiger partial charge in [0.25, 0.3) is 5.69 Å². The smallest absolute Gasteiger partial charge is 0.269 e. The maximum absolute atomic E-state index is 11.0. The fourth-order valence-electron chi connectivity index (χ4n) is 3.59. The lowest BCUT2D eigenvalue weighted by atomic mass is 9.77. The summed E-state index contributed by atoms with van der Waals surface area (Å²) in [7, 11) is 0. The fourth-order valence-corrected chi connectivity index (χ4v) is 3.59. The summed E-state index contributed by atoms with van der Waals surface area (Å²) in [4.78, 5) is 14.9. The number of benzene rings is 1. The van der Waals surface area contributed by atoms with Crippen LogP contribution in [0.2, 0.25) is 0 Å². The number of fused-ring (bicyclic) bond motifs is 3. The Labute approximate surface area is 127 Å². The monoisotopic (exact) mass is 293 g/mol. The molecular weight excluding hydrogens is 278 g/mol. The lowest BCUT2D eigenvalue weighted by Crippen LogP contribution is -2.29. The van der Waals surface area contributed by atoms with E-state index in [1.165, 1.54) is 0 Å². The SMILES string of the molecule is O=[N+]([O-])c1ccc2c(c1)C1C=CCC1C(c1cccnc1)N2. The van der Waals surface area contributed by atoms with Crippen LogP contribution >= 0.6 is 0 Å². The minimum atomic E-state index is -0.332. The predicted molar refractivity (Wildman–Crippen MR) is 83.7 cm³/mol. The molecule has 110 valence electrons. The molecular formula is C17H15N3O2. The first-order valence-electron chi connectivity index (χ1n) is 7.35. The highest BCUT2D eigenvalue weighted by Gasteiger charge is 2.38. The number of anilines is 1. The van der Waals surface area contributed by atoms with E-state index in [4.69, 9.17) is 0 Å². The van der Waals surface area contributed by atoms with Gasteiger partial charge >= 0.3 is 0 Å². The van der Waals surface area contributed by atoms with Crippen LogP contribution in [0.15, 0.2) is 54.9 Å². The van der Waals surface area contributed by atoms with Gasteiger partial charge in [0.1, 0.15) is 0 Å². The first-order chi connectivity index (χ1) is 10.7. The minimum absolute atomic E-state index is 0.152. The summed E-state index contributed by atoms with van der Waals surface area (Å²) in [6.45, 7) is 0. The summed E-state index contributed by atoms with van der Waals surface area (Å²) in [6, 6.07) is 9.29. The number of pyridine rings is 1. The Morgan fingerprint density at radius 1 is 1.32 bits per heavy atom. The topological polar surface area (TPSA) is 68.1 Å². The van der Waals surface area contributed by atoms with Crippen molar-refractivity contribution in [1.29, 1.82) is 0 Å². The van der Waals surface area contributed by atoms with Gasteiger partial charge in [0, 0.05) is 36.1 Å². The van der Waals surface area contributed by atoms with Crippen molar-refractivity contribution in [2.24, 2.45) is 5.92 Å². The summed E-state index contributed by atoms with van der Waals surface area (Å²) < 4.78 is 0. The number of allylic oxidation sites excluding steroid dienone is 2. The molecule has 3 unspecified atom stereocenters. The maximum atomic E-state index is 11.0. The summed E-state index contributed by atoms with van der Waals surface area (Å²) in [5, 5.41) is 14.6. The number of nitrogens with zero attached hydrogens (tertiary/aromatic N) is 2. The summed E-state index contributed by atoms with van der Waals surface area (Å²) in [5.41, 5.74) is 3.31. The largest absolute Gasteiger partial charge is 0.378 e. The van der Waals surface area contributed by atoms with Crippen LogP contribution in [0.25, 0.3) is 0 Å². The molecule has 2 aliphatic rings. The third-order valence-electron chi connectivity index (χ3n) is 4.60. The van der Waals surface area contributed by atoms with Gasteiger partial charge in [-0.3, -0.25) is 15.1 Å². The van der Waals surface area contributed by atoms with Gasteiger partial charge in [-0.1, -0.05) is 18.2 Å². The first-order valence-corrected chi connectivity index (χ1v) is 7.35. The van der Waals surface area contributed by atoms with Gasteiger partial charge < -0.3 is 5.32 Å². The lowest BCUT2D eigenvalue weighted by molar-refractivity contribution is -0.384. The van der Waals surface area contributed by atoms with E-state index in [1.807, 2.05) is 18.3 Å². The predicted octanol–water partition coefficient (Wildman–Crippen LogP) is 3.82. The Morgan fingerprint density at radius 3 is 3.00 bits per heavy atom. The van der Waals surface area contributed by atoms with Crippen molar-refractivity contribution in [3.63, 3.8) is 0 Å². The van der Waals surface area contributed by atoms with E-state index in [2.05, 4.69) is 28.5 Å². The average molecular weight is 293 g/mol. The zero-order valence-electron chi connectivity index (χ0n) is 11.8. The van der Waals surface area contributed by atoms with E-state index in [9.17, 15) is 10.1 Å². The molecule has 1 N–H and O–H groups in total. The quantitative estimate of drug-likeness (QED) is 0.519. The van der Waals surface area contributed by atoms with Crippen LogP contribution in [0.1, 0.15) is 29.5 Å². The van der Waals surface area contributed by atoms with E-state index < -0.39 is 0 Å². The second-order valence-electron chi connectivity index (χ2n) is 5.79. The number of aromatic nitrogens is 1. The number of hydrogen-bond donors (Lipinski definition) is 1. The molecule has 1 aliphatic heterocycles.